The van der Waals surface area contributed by atoms with Crippen molar-refractivity contribution in [1.82, 2.24) is 9.99 Å². The number of methoxy groups -OCH3 is 1. The van der Waals surface area contributed by atoms with Gasteiger partial charge in [-0.1, -0.05) is 30.3 Å². The molecule has 1 heterocycles. The Balaban J connectivity index is 1.72. The number of nitrogens with zero attached hydrogens (tertiary/aromatic N) is 2. The second-order valence-corrected chi connectivity index (χ2v) is 6.57. The molecule has 0 saturated carbocycles. The number of hydrogen-bond donors (Lipinski definition) is 1. The van der Waals surface area contributed by atoms with Crippen molar-refractivity contribution in [2.24, 2.45) is 5.10 Å². The molecule has 1 amide bonds. The van der Waals surface area contributed by atoms with Gasteiger partial charge in [0.15, 0.2) is 6.61 Å². The van der Waals surface area contributed by atoms with E-state index in [1.54, 1.807) is 30.5 Å². The zero-order valence-corrected chi connectivity index (χ0v) is 17.1. The third-order valence-corrected chi connectivity index (χ3v) is 4.53. The fourth-order valence-electron chi connectivity index (χ4n) is 3.11. The fourth-order valence-corrected chi connectivity index (χ4v) is 3.11. The third kappa shape index (κ3) is 4.75. The van der Waals surface area contributed by atoms with Crippen LogP contribution in [0.5, 0.6) is 5.75 Å². The van der Waals surface area contributed by atoms with Crippen LogP contribution in [0.2, 0.25) is 0 Å². The van der Waals surface area contributed by atoms with Crippen molar-refractivity contribution in [3.63, 3.8) is 0 Å². The molecule has 0 spiro atoms. The molecule has 0 aliphatic carbocycles. The van der Waals surface area contributed by atoms with Crippen LogP contribution in [-0.4, -0.2) is 36.4 Å². The Labute approximate surface area is 174 Å². The zero-order chi connectivity index (χ0) is 21.5. The molecular formula is C23H23N3O4. The van der Waals surface area contributed by atoms with Crippen molar-refractivity contribution in [3.8, 4) is 11.4 Å². The highest BCUT2D eigenvalue weighted by Gasteiger charge is 2.17. The fraction of sp³-hybridized carbons (Fsp3) is 0.174. The number of esters is 1. The normalized spacial score (nSPS) is 10.8. The Morgan fingerprint density at radius 2 is 1.77 bits per heavy atom. The van der Waals surface area contributed by atoms with Crippen LogP contribution in [-0.2, 0) is 9.53 Å². The molecule has 7 nitrogen and oxygen atoms in total. The summed E-state index contributed by atoms with van der Waals surface area (Å²) in [4.78, 5) is 24.1. The zero-order valence-electron chi connectivity index (χ0n) is 17.1. The maximum atomic E-state index is 12.1. The molecule has 0 unspecified atom stereocenters. The van der Waals surface area contributed by atoms with E-state index in [0.717, 1.165) is 22.6 Å². The summed E-state index contributed by atoms with van der Waals surface area (Å²) < 4.78 is 12.2. The average Bonchev–Trinajstić information content (AvgIpc) is 3.05. The molecule has 1 N–H and O–H groups in total. The third-order valence-electron chi connectivity index (χ3n) is 4.53. The van der Waals surface area contributed by atoms with Crippen LogP contribution in [0.4, 0.5) is 0 Å². The van der Waals surface area contributed by atoms with E-state index in [1.165, 1.54) is 7.11 Å². The quantitative estimate of drug-likeness (QED) is 0.371. The Hall–Kier alpha value is -3.87. The lowest BCUT2D eigenvalue weighted by Crippen LogP contribution is -2.24. The van der Waals surface area contributed by atoms with Gasteiger partial charge in [0.25, 0.3) is 5.91 Å². The van der Waals surface area contributed by atoms with E-state index in [1.807, 2.05) is 54.8 Å². The van der Waals surface area contributed by atoms with E-state index in [9.17, 15) is 9.59 Å². The number of amides is 1. The SMILES string of the molecule is COC(=O)c1ccccc1-n1c(C)cc(/C=N\NC(=O)COc2ccccc2)c1C. The van der Waals surface area contributed by atoms with Crippen molar-refractivity contribution >= 4 is 18.1 Å². The van der Waals surface area contributed by atoms with E-state index in [4.69, 9.17) is 9.47 Å². The first-order chi connectivity index (χ1) is 14.5. The molecule has 2 aromatic carbocycles. The van der Waals surface area contributed by atoms with Gasteiger partial charge in [-0.3, -0.25) is 4.79 Å². The van der Waals surface area contributed by atoms with Gasteiger partial charge >= 0.3 is 5.97 Å². The lowest BCUT2D eigenvalue weighted by Gasteiger charge is -2.13. The van der Waals surface area contributed by atoms with Gasteiger partial charge in [-0.25, -0.2) is 10.2 Å². The lowest BCUT2D eigenvalue weighted by atomic mass is 10.1. The molecule has 0 saturated heterocycles. The number of carbonyl (C=O) groups excluding carboxylic acids is 2. The second-order valence-electron chi connectivity index (χ2n) is 6.57. The van der Waals surface area contributed by atoms with Crippen LogP contribution >= 0.6 is 0 Å². The van der Waals surface area contributed by atoms with E-state index in [-0.39, 0.29) is 12.5 Å². The number of aryl methyl sites for hydroxylation is 1. The first-order valence-corrected chi connectivity index (χ1v) is 9.37. The molecule has 0 atom stereocenters. The van der Waals surface area contributed by atoms with E-state index < -0.39 is 5.97 Å². The van der Waals surface area contributed by atoms with Gasteiger partial charge in [-0.2, -0.15) is 5.10 Å². The molecule has 0 aliphatic rings. The van der Waals surface area contributed by atoms with Gasteiger partial charge in [0.05, 0.1) is 24.6 Å². The van der Waals surface area contributed by atoms with Gasteiger partial charge in [-0.05, 0) is 44.2 Å². The van der Waals surface area contributed by atoms with E-state index in [0.29, 0.717) is 11.3 Å². The molecule has 0 bridgehead atoms. The van der Waals surface area contributed by atoms with Crippen molar-refractivity contribution in [2.45, 2.75) is 13.8 Å². The van der Waals surface area contributed by atoms with Gasteiger partial charge in [-0.15, -0.1) is 0 Å². The minimum absolute atomic E-state index is 0.132. The number of para-hydroxylation sites is 2. The highest BCUT2D eigenvalue weighted by atomic mass is 16.5. The van der Waals surface area contributed by atoms with Gasteiger partial charge < -0.3 is 14.0 Å². The molecule has 154 valence electrons. The number of rotatable bonds is 7. The number of nitrogens with one attached hydrogen (secondary N) is 1. The van der Waals surface area contributed by atoms with E-state index in [2.05, 4.69) is 10.5 Å². The molecular weight excluding hydrogens is 382 g/mol. The monoisotopic (exact) mass is 405 g/mol. The predicted octanol–water partition coefficient (Wildman–Crippen LogP) is 3.41. The highest BCUT2D eigenvalue weighted by molar-refractivity contribution is 5.94. The summed E-state index contributed by atoms with van der Waals surface area (Å²) in [6.07, 6.45) is 1.57. The smallest absolute Gasteiger partial charge is 0.339 e. The molecule has 0 fully saturated rings. The average molecular weight is 405 g/mol. The first-order valence-electron chi connectivity index (χ1n) is 9.37. The first kappa shape index (κ1) is 20.9. The number of carbonyl (C=O) groups is 2. The molecule has 0 radical (unpaired) electrons. The van der Waals surface area contributed by atoms with Crippen molar-refractivity contribution in [1.29, 1.82) is 0 Å². The Morgan fingerprint density at radius 1 is 1.07 bits per heavy atom. The lowest BCUT2D eigenvalue weighted by molar-refractivity contribution is -0.123. The van der Waals surface area contributed by atoms with Crippen molar-refractivity contribution in [3.05, 3.63) is 83.2 Å². The summed E-state index contributed by atoms with van der Waals surface area (Å²) in [5.41, 5.74) is 6.26. The minimum Gasteiger partial charge on any atom is -0.484 e. The summed E-state index contributed by atoms with van der Waals surface area (Å²) in [7, 11) is 1.36. The molecule has 3 aromatic rings. The summed E-state index contributed by atoms with van der Waals surface area (Å²) >= 11 is 0. The number of hydrogen-bond acceptors (Lipinski definition) is 5. The Morgan fingerprint density at radius 3 is 2.50 bits per heavy atom. The van der Waals surface area contributed by atoms with E-state index >= 15 is 0 Å². The second kappa shape index (κ2) is 9.56. The number of hydrazone groups is 1. The van der Waals surface area contributed by atoms with Gasteiger partial charge in [0, 0.05) is 17.0 Å². The Kier molecular flexibility index (Phi) is 6.64. The van der Waals surface area contributed by atoms with Crippen LogP contribution in [0.3, 0.4) is 0 Å². The number of aromatic nitrogens is 1. The maximum Gasteiger partial charge on any atom is 0.339 e. The standard InChI is InChI=1S/C23H23N3O4/c1-16-13-18(14-24-25-22(27)15-30-19-9-5-4-6-10-19)17(2)26(16)21-12-8-7-11-20(21)23(28)29-3/h4-14H,15H2,1-3H3,(H,25,27)/b24-14-. The van der Waals surface area contributed by atoms with Crippen LogP contribution in [0.25, 0.3) is 5.69 Å². The highest BCUT2D eigenvalue weighted by Crippen LogP contribution is 2.23. The molecule has 30 heavy (non-hydrogen) atoms. The topological polar surface area (TPSA) is 81.9 Å². The van der Waals surface area contributed by atoms with Crippen molar-refractivity contribution in [2.75, 3.05) is 13.7 Å². The summed E-state index contributed by atoms with van der Waals surface area (Å²) in [5, 5.41) is 4.03. The Bertz CT molecular complexity index is 1070. The van der Waals surface area contributed by atoms with Gasteiger partial charge in [0.1, 0.15) is 5.75 Å². The van der Waals surface area contributed by atoms with Crippen LogP contribution < -0.4 is 10.2 Å². The minimum atomic E-state index is -0.404. The van der Waals surface area contributed by atoms with Crippen molar-refractivity contribution < 1.29 is 19.1 Å². The number of ether oxygens (including phenoxy) is 2. The largest absolute Gasteiger partial charge is 0.484 e. The van der Waals surface area contributed by atoms with Crippen LogP contribution in [0.1, 0.15) is 27.3 Å². The predicted molar refractivity (Wildman–Crippen MR) is 114 cm³/mol. The van der Waals surface area contributed by atoms with Gasteiger partial charge in [0.2, 0.25) is 0 Å². The summed E-state index contributed by atoms with van der Waals surface area (Å²) in [6.45, 7) is 3.72. The molecule has 1 aromatic heterocycles. The molecule has 3 rings (SSSR count). The number of benzene rings is 2. The molecule has 7 heteroatoms. The van der Waals surface area contributed by atoms with Crippen LogP contribution in [0, 0.1) is 13.8 Å². The summed E-state index contributed by atoms with van der Waals surface area (Å²) in [5.74, 6) is -0.150. The maximum absolute atomic E-state index is 12.1. The molecule has 0 aliphatic heterocycles. The van der Waals surface area contributed by atoms with Crippen LogP contribution in [0.15, 0.2) is 65.8 Å². The summed E-state index contributed by atoms with van der Waals surface area (Å²) in [6, 6.07) is 18.3.